The molecule has 7 nitrogen and oxygen atoms in total. The van der Waals surface area contributed by atoms with Crippen LogP contribution in [0.25, 0.3) is 0 Å². The van der Waals surface area contributed by atoms with E-state index in [1.54, 1.807) is 23.1 Å². The van der Waals surface area contributed by atoms with Gasteiger partial charge in [0.25, 0.3) is 6.20 Å². The monoisotopic (exact) mass is 408 g/mol. The molecule has 8 heteroatoms. The molecule has 2 aromatic carbocycles. The van der Waals surface area contributed by atoms with Crippen molar-refractivity contribution >= 4 is 34.6 Å². The zero-order chi connectivity index (χ0) is 20.1. The van der Waals surface area contributed by atoms with Gasteiger partial charge in [-0.05, 0) is 12.1 Å². The highest BCUT2D eigenvalue weighted by Crippen LogP contribution is 2.14. The van der Waals surface area contributed by atoms with E-state index in [4.69, 9.17) is 16.7 Å². The van der Waals surface area contributed by atoms with Gasteiger partial charge in [-0.3, -0.25) is 9.32 Å². The second-order valence-electron chi connectivity index (χ2n) is 6.78. The van der Waals surface area contributed by atoms with Crippen molar-refractivity contribution in [2.45, 2.75) is 6.42 Å². The first kappa shape index (κ1) is 19.1. The molecular weight excluding hydrogens is 386 g/mol. The lowest BCUT2D eigenvalue weighted by atomic mass is 10.1. The van der Waals surface area contributed by atoms with Gasteiger partial charge in [-0.1, -0.05) is 60.7 Å². The molecule has 4 rings (SSSR count). The molecule has 0 amide bonds. The summed E-state index contributed by atoms with van der Waals surface area (Å²) < 4.78 is 5.34. The van der Waals surface area contributed by atoms with Crippen LogP contribution < -0.4 is 20.0 Å². The lowest BCUT2D eigenvalue weighted by molar-refractivity contribution is -0.758. The standard InChI is InChI=1S/C21H21N5O2S/c27-19(17-7-3-1-4-8-17)15-21(29)22-20-16-26(23-28-20)25-13-11-24(12-14-25)18-9-5-2-6-10-18/h1-10,16H,11-15H2/p+1. The van der Waals surface area contributed by atoms with Crippen LogP contribution in [0.15, 0.2) is 71.4 Å². The predicted molar refractivity (Wildman–Crippen MR) is 115 cm³/mol. The zero-order valence-corrected chi connectivity index (χ0v) is 16.7. The lowest BCUT2D eigenvalue weighted by Crippen LogP contribution is -2.65. The second kappa shape index (κ2) is 8.83. The number of hydrogen-bond acceptors (Lipinski definition) is 6. The van der Waals surface area contributed by atoms with Crippen LogP contribution in [-0.4, -0.2) is 42.2 Å². The Morgan fingerprint density at radius 1 is 1.03 bits per heavy atom. The van der Waals surface area contributed by atoms with Crippen molar-refractivity contribution in [2.75, 3.05) is 41.4 Å². The first-order chi connectivity index (χ1) is 14.2. The average Bonchev–Trinajstić information content (AvgIpc) is 3.23. The number of thiocarbonyl (C=S) groups is 1. The number of benzene rings is 2. The van der Waals surface area contributed by atoms with Crippen molar-refractivity contribution in [2.24, 2.45) is 0 Å². The van der Waals surface area contributed by atoms with Crippen molar-refractivity contribution in [1.29, 1.82) is 0 Å². The lowest BCUT2D eigenvalue weighted by Gasteiger charge is -2.31. The third kappa shape index (κ3) is 4.78. The maximum Gasteiger partial charge on any atom is 0.304 e. The van der Waals surface area contributed by atoms with Crippen molar-refractivity contribution in [3.8, 4) is 0 Å². The fourth-order valence-corrected chi connectivity index (χ4v) is 3.51. The summed E-state index contributed by atoms with van der Waals surface area (Å²) in [4.78, 5) is 16.7. The number of hydrogen-bond donors (Lipinski definition) is 1. The smallest absolute Gasteiger partial charge is 0.304 e. The van der Waals surface area contributed by atoms with Crippen molar-refractivity contribution in [3.63, 3.8) is 0 Å². The van der Waals surface area contributed by atoms with Gasteiger partial charge in [0, 0.05) is 24.3 Å². The SMILES string of the molecule is O=C(CC(=S)Nc1c[n+](N2CCN(c3ccccc3)CC2)no1)c1ccccc1. The van der Waals surface area contributed by atoms with Crippen molar-refractivity contribution < 1.29 is 14.1 Å². The first-order valence-electron chi connectivity index (χ1n) is 9.51. The quantitative estimate of drug-likeness (QED) is 0.382. The number of anilines is 2. The Hall–Kier alpha value is -3.26. The number of nitrogens with zero attached hydrogens (tertiary/aromatic N) is 4. The number of rotatable bonds is 6. The average molecular weight is 409 g/mol. The second-order valence-corrected chi connectivity index (χ2v) is 7.27. The molecule has 0 spiro atoms. The van der Waals surface area contributed by atoms with Gasteiger partial charge in [0.05, 0.1) is 29.3 Å². The van der Waals surface area contributed by atoms with Crippen LogP contribution in [0.5, 0.6) is 0 Å². The predicted octanol–water partition coefficient (Wildman–Crippen LogP) is 2.43. The molecular formula is C21H22N5O2S+. The minimum absolute atomic E-state index is 0.0347. The van der Waals surface area contributed by atoms with Crippen LogP contribution >= 0.6 is 12.2 Å². The van der Waals surface area contributed by atoms with E-state index in [0.717, 1.165) is 26.2 Å². The van der Waals surface area contributed by atoms with Crippen LogP contribution in [0, 0.1) is 0 Å². The molecule has 1 aliphatic rings. The van der Waals surface area contributed by atoms with Crippen LogP contribution in [0.2, 0.25) is 0 Å². The summed E-state index contributed by atoms with van der Waals surface area (Å²) in [6.07, 6.45) is 1.87. The number of nitrogens with one attached hydrogen (secondary N) is 1. The molecule has 148 valence electrons. The van der Waals surface area contributed by atoms with E-state index in [0.29, 0.717) is 16.4 Å². The molecule has 0 saturated carbocycles. The Morgan fingerprint density at radius 3 is 2.38 bits per heavy atom. The largest absolute Gasteiger partial charge is 0.368 e. The van der Waals surface area contributed by atoms with Crippen LogP contribution in [0.3, 0.4) is 0 Å². The van der Waals surface area contributed by atoms with E-state index < -0.39 is 0 Å². The molecule has 29 heavy (non-hydrogen) atoms. The molecule has 0 atom stereocenters. The molecule has 3 aromatic rings. The molecule has 1 saturated heterocycles. The van der Waals surface area contributed by atoms with Crippen molar-refractivity contribution in [3.05, 3.63) is 72.4 Å². The fourth-order valence-electron chi connectivity index (χ4n) is 3.28. The molecule has 0 bridgehead atoms. The van der Waals surface area contributed by atoms with Gasteiger partial charge in [0.2, 0.25) is 5.27 Å². The molecule has 0 aliphatic carbocycles. The maximum absolute atomic E-state index is 12.3. The van der Waals surface area contributed by atoms with Crippen LogP contribution in [0.4, 0.5) is 11.6 Å². The van der Waals surface area contributed by atoms with E-state index in [1.807, 2.05) is 24.3 Å². The minimum atomic E-state index is -0.0347. The molecule has 1 aliphatic heterocycles. The Balaban J connectivity index is 1.30. The number of Topliss-reactive ketones (excluding diaryl/α,β-unsaturated/α-hetero) is 1. The summed E-state index contributed by atoms with van der Waals surface area (Å²) in [6.45, 7) is 3.44. The van der Waals surface area contributed by atoms with Crippen LogP contribution in [0.1, 0.15) is 16.8 Å². The highest BCUT2D eigenvalue weighted by atomic mass is 32.1. The van der Waals surface area contributed by atoms with E-state index >= 15 is 0 Å². The van der Waals surface area contributed by atoms with Crippen LogP contribution in [-0.2, 0) is 0 Å². The number of carbonyl (C=O) groups is 1. The summed E-state index contributed by atoms with van der Waals surface area (Å²) in [7, 11) is 0. The normalized spacial score (nSPS) is 13.9. The number of carbonyl (C=O) groups excluding carboxylic acids is 1. The molecule has 1 fully saturated rings. The molecule has 2 heterocycles. The van der Waals surface area contributed by atoms with Gasteiger partial charge >= 0.3 is 5.88 Å². The Bertz CT molecular complexity index is 969. The van der Waals surface area contributed by atoms with Gasteiger partial charge in [-0.15, -0.1) is 5.01 Å². The van der Waals surface area contributed by atoms with Gasteiger partial charge in [-0.25, -0.2) is 0 Å². The number of para-hydroxylation sites is 1. The molecule has 0 radical (unpaired) electrons. The molecule has 1 aromatic heterocycles. The molecule has 0 unspecified atom stereocenters. The van der Waals surface area contributed by atoms with E-state index in [1.165, 1.54) is 5.69 Å². The number of ketones is 1. The Morgan fingerprint density at radius 2 is 1.69 bits per heavy atom. The van der Waals surface area contributed by atoms with E-state index in [9.17, 15) is 4.79 Å². The molecule has 1 N–H and O–H groups in total. The third-order valence-corrected chi connectivity index (χ3v) is 5.05. The van der Waals surface area contributed by atoms with Gasteiger partial charge in [-0.2, -0.15) is 0 Å². The summed E-state index contributed by atoms with van der Waals surface area (Å²) >= 11 is 5.30. The highest BCUT2D eigenvalue weighted by molar-refractivity contribution is 7.80. The summed E-state index contributed by atoms with van der Waals surface area (Å²) in [5.74, 6) is 0.383. The van der Waals surface area contributed by atoms with E-state index in [2.05, 4.69) is 44.8 Å². The minimum Gasteiger partial charge on any atom is -0.368 e. The van der Waals surface area contributed by atoms with Gasteiger partial charge < -0.3 is 10.2 Å². The Kier molecular flexibility index (Phi) is 5.81. The summed E-state index contributed by atoms with van der Waals surface area (Å²) in [5.41, 5.74) is 1.87. The third-order valence-electron chi connectivity index (χ3n) is 4.80. The Labute approximate surface area is 174 Å². The maximum atomic E-state index is 12.3. The van der Waals surface area contributed by atoms with E-state index in [-0.39, 0.29) is 12.2 Å². The topological polar surface area (TPSA) is 65.5 Å². The summed E-state index contributed by atoms with van der Waals surface area (Å²) in [6, 6.07) is 19.5. The number of aromatic nitrogens is 2. The summed E-state index contributed by atoms with van der Waals surface area (Å²) in [5, 5.41) is 9.13. The highest BCUT2D eigenvalue weighted by Gasteiger charge is 2.26. The van der Waals surface area contributed by atoms with Gasteiger partial charge in [0.1, 0.15) is 0 Å². The zero-order valence-electron chi connectivity index (χ0n) is 15.9. The first-order valence-corrected chi connectivity index (χ1v) is 9.92. The van der Waals surface area contributed by atoms with Crippen molar-refractivity contribution in [1.82, 2.24) is 5.27 Å². The fraction of sp³-hybridized carbons (Fsp3) is 0.238. The number of piperazine rings is 1. The van der Waals surface area contributed by atoms with Gasteiger partial charge in [0.15, 0.2) is 5.78 Å².